The van der Waals surface area contributed by atoms with Crippen LogP contribution < -0.4 is 10.5 Å². The van der Waals surface area contributed by atoms with Crippen LogP contribution in [0.5, 0.6) is 5.75 Å². The van der Waals surface area contributed by atoms with E-state index in [-0.39, 0.29) is 0 Å². The van der Waals surface area contributed by atoms with Crippen molar-refractivity contribution in [3.63, 3.8) is 0 Å². The summed E-state index contributed by atoms with van der Waals surface area (Å²) in [5.74, 6) is 0.840. The molecule has 1 aromatic rings. The van der Waals surface area contributed by atoms with Gasteiger partial charge in [0.2, 0.25) is 0 Å². The molecular weight excluding hydrogens is 254 g/mol. The SMILES string of the molecule is COc1cc(COC2CCCC(OC)C2)ccc1CN. The lowest BCUT2D eigenvalue weighted by Crippen LogP contribution is -2.27. The van der Waals surface area contributed by atoms with Crippen LogP contribution in [-0.2, 0) is 22.6 Å². The summed E-state index contributed by atoms with van der Waals surface area (Å²) in [5, 5.41) is 0. The molecule has 0 bridgehead atoms. The van der Waals surface area contributed by atoms with Crippen molar-refractivity contribution in [2.24, 2.45) is 5.73 Å². The van der Waals surface area contributed by atoms with Crippen molar-refractivity contribution in [3.05, 3.63) is 29.3 Å². The molecule has 0 radical (unpaired) electrons. The summed E-state index contributed by atoms with van der Waals surface area (Å²) in [6.45, 7) is 1.10. The lowest BCUT2D eigenvalue weighted by molar-refractivity contribution is -0.0363. The van der Waals surface area contributed by atoms with Gasteiger partial charge in [-0.15, -0.1) is 0 Å². The van der Waals surface area contributed by atoms with E-state index >= 15 is 0 Å². The Morgan fingerprint density at radius 3 is 2.70 bits per heavy atom. The summed E-state index contributed by atoms with van der Waals surface area (Å²) in [5.41, 5.74) is 7.82. The molecule has 0 aliphatic heterocycles. The molecule has 112 valence electrons. The van der Waals surface area contributed by atoms with Crippen LogP contribution in [0.2, 0.25) is 0 Å². The van der Waals surface area contributed by atoms with Gasteiger partial charge in [-0.2, -0.15) is 0 Å². The van der Waals surface area contributed by atoms with Gasteiger partial charge in [0.15, 0.2) is 0 Å². The molecule has 2 unspecified atom stereocenters. The van der Waals surface area contributed by atoms with E-state index in [1.165, 1.54) is 6.42 Å². The van der Waals surface area contributed by atoms with Gasteiger partial charge in [0.25, 0.3) is 0 Å². The van der Waals surface area contributed by atoms with Crippen molar-refractivity contribution in [2.45, 2.75) is 51.0 Å². The molecule has 0 heterocycles. The zero-order valence-corrected chi connectivity index (χ0v) is 12.4. The maximum absolute atomic E-state index is 6.01. The third kappa shape index (κ3) is 3.95. The summed E-state index contributed by atoms with van der Waals surface area (Å²) in [7, 11) is 3.45. The molecule has 2 N–H and O–H groups in total. The number of methoxy groups -OCH3 is 2. The van der Waals surface area contributed by atoms with Gasteiger partial charge in [0.1, 0.15) is 5.75 Å². The quantitative estimate of drug-likeness (QED) is 0.869. The first-order valence-electron chi connectivity index (χ1n) is 7.27. The second-order valence-electron chi connectivity index (χ2n) is 5.31. The number of benzene rings is 1. The summed E-state index contributed by atoms with van der Waals surface area (Å²) in [6, 6.07) is 6.08. The molecule has 1 fully saturated rings. The molecule has 0 aromatic heterocycles. The van der Waals surface area contributed by atoms with Crippen molar-refractivity contribution >= 4 is 0 Å². The van der Waals surface area contributed by atoms with Gasteiger partial charge in [-0.3, -0.25) is 0 Å². The van der Waals surface area contributed by atoms with E-state index in [0.29, 0.717) is 25.4 Å². The summed E-state index contributed by atoms with van der Waals surface area (Å²) < 4.78 is 16.8. The van der Waals surface area contributed by atoms with Gasteiger partial charge in [0, 0.05) is 19.2 Å². The van der Waals surface area contributed by atoms with E-state index in [1.54, 1.807) is 14.2 Å². The minimum Gasteiger partial charge on any atom is -0.496 e. The van der Waals surface area contributed by atoms with Crippen LogP contribution in [0.25, 0.3) is 0 Å². The lowest BCUT2D eigenvalue weighted by atomic mass is 9.95. The van der Waals surface area contributed by atoms with Crippen LogP contribution in [0.15, 0.2) is 18.2 Å². The van der Waals surface area contributed by atoms with E-state index in [9.17, 15) is 0 Å². The van der Waals surface area contributed by atoms with Crippen molar-refractivity contribution in [1.82, 2.24) is 0 Å². The smallest absolute Gasteiger partial charge is 0.123 e. The van der Waals surface area contributed by atoms with Gasteiger partial charge >= 0.3 is 0 Å². The molecule has 0 saturated heterocycles. The molecule has 20 heavy (non-hydrogen) atoms. The van der Waals surface area contributed by atoms with Gasteiger partial charge in [-0.25, -0.2) is 0 Å². The average Bonchev–Trinajstić information content (AvgIpc) is 2.52. The Balaban J connectivity index is 1.90. The second kappa shape index (κ2) is 7.62. The highest BCUT2D eigenvalue weighted by Gasteiger charge is 2.22. The Bertz CT molecular complexity index is 422. The van der Waals surface area contributed by atoms with Gasteiger partial charge in [-0.05, 0) is 37.3 Å². The minimum atomic E-state index is 0.300. The lowest BCUT2D eigenvalue weighted by Gasteiger charge is -2.28. The summed E-state index contributed by atoms with van der Waals surface area (Å²) in [4.78, 5) is 0. The molecule has 1 aliphatic carbocycles. The standard InChI is InChI=1S/C16H25NO3/c1-18-14-4-3-5-15(9-14)20-11-12-6-7-13(10-17)16(8-12)19-2/h6-8,14-15H,3-5,9-11,17H2,1-2H3. The fraction of sp³-hybridized carbons (Fsp3) is 0.625. The normalized spacial score (nSPS) is 22.8. The van der Waals surface area contributed by atoms with E-state index in [4.69, 9.17) is 19.9 Å². The van der Waals surface area contributed by atoms with Crippen LogP contribution in [-0.4, -0.2) is 26.4 Å². The van der Waals surface area contributed by atoms with E-state index in [1.807, 2.05) is 12.1 Å². The Morgan fingerprint density at radius 2 is 2.00 bits per heavy atom. The third-order valence-corrected chi connectivity index (χ3v) is 3.97. The third-order valence-electron chi connectivity index (χ3n) is 3.97. The topological polar surface area (TPSA) is 53.7 Å². The van der Waals surface area contributed by atoms with E-state index in [2.05, 4.69) is 6.07 Å². The number of rotatable bonds is 6. The second-order valence-corrected chi connectivity index (χ2v) is 5.31. The van der Waals surface area contributed by atoms with Crippen molar-refractivity contribution < 1.29 is 14.2 Å². The Hall–Kier alpha value is -1.10. The van der Waals surface area contributed by atoms with E-state index in [0.717, 1.165) is 36.1 Å². The largest absolute Gasteiger partial charge is 0.496 e. The molecule has 4 nitrogen and oxygen atoms in total. The fourth-order valence-electron chi connectivity index (χ4n) is 2.73. The highest BCUT2D eigenvalue weighted by Crippen LogP contribution is 2.25. The molecule has 1 aromatic carbocycles. The number of hydrogen-bond donors (Lipinski definition) is 1. The predicted octanol–water partition coefficient (Wildman–Crippen LogP) is 2.63. The van der Waals surface area contributed by atoms with Crippen molar-refractivity contribution in [2.75, 3.05) is 14.2 Å². The molecule has 0 spiro atoms. The highest BCUT2D eigenvalue weighted by atomic mass is 16.5. The maximum atomic E-state index is 6.01. The first kappa shape index (κ1) is 15.3. The molecule has 1 saturated carbocycles. The molecule has 2 atom stereocenters. The number of nitrogens with two attached hydrogens (primary N) is 1. The van der Waals surface area contributed by atoms with Crippen LogP contribution in [0.1, 0.15) is 36.8 Å². The van der Waals surface area contributed by atoms with Crippen LogP contribution in [0.4, 0.5) is 0 Å². The van der Waals surface area contributed by atoms with Crippen LogP contribution in [0.3, 0.4) is 0 Å². The van der Waals surface area contributed by atoms with Gasteiger partial charge in [0.05, 0.1) is 25.9 Å². The highest BCUT2D eigenvalue weighted by molar-refractivity contribution is 5.37. The monoisotopic (exact) mass is 279 g/mol. The fourth-order valence-corrected chi connectivity index (χ4v) is 2.73. The first-order chi connectivity index (χ1) is 9.76. The van der Waals surface area contributed by atoms with Crippen LogP contribution >= 0.6 is 0 Å². The average molecular weight is 279 g/mol. The number of ether oxygens (including phenoxy) is 3. The predicted molar refractivity (Wildman–Crippen MR) is 78.7 cm³/mol. The van der Waals surface area contributed by atoms with Crippen molar-refractivity contribution in [3.8, 4) is 5.75 Å². The molecule has 2 rings (SSSR count). The number of hydrogen-bond acceptors (Lipinski definition) is 4. The molecule has 0 amide bonds. The Kier molecular flexibility index (Phi) is 5.83. The molecule has 1 aliphatic rings. The summed E-state index contributed by atoms with van der Waals surface area (Å²) in [6.07, 6.45) is 5.09. The van der Waals surface area contributed by atoms with E-state index < -0.39 is 0 Å². The molecule has 4 heteroatoms. The first-order valence-corrected chi connectivity index (χ1v) is 7.27. The summed E-state index contributed by atoms with van der Waals surface area (Å²) >= 11 is 0. The Morgan fingerprint density at radius 1 is 1.20 bits per heavy atom. The van der Waals surface area contributed by atoms with Gasteiger partial charge < -0.3 is 19.9 Å². The Labute approximate surface area is 121 Å². The van der Waals surface area contributed by atoms with Crippen LogP contribution in [0, 0.1) is 0 Å². The zero-order chi connectivity index (χ0) is 14.4. The maximum Gasteiger partial charge on any atom is 0.123 e. The van der Waals surface area contributed by atoms with Gasteiger partial charge in [-0.1, -0.05) is 12.1 Å². The zero-order valence-electron chi connectivity index (χ0n) is 12.4. The minimum absolute atomic E-state index is 0.300. The molecular formula is C16H25NO3. The van der Waals surface area contributed by atoms with Crippen molar-refractivity contribution in [1.29, 1.82) is 0 Å².